The van der Waals surface area contributed by atoms with Gasteiger partial charge < -0.3 is 19.7 Å². The molecule has 7 heteroatoms. The summed E-state index contributed by atoms with van der Waals surface area (Å²) < 4.78 is 8.39. The molecule has 0 bridgehead atoms. The van der Waals surface area contributed by atoms with Crippen LogP contribution < -0.4 is 0 Å². The third-order valence-electron chi connectivity index (χ3n) is 1.48. The number of aliphatic hydroxyl groups excluding tert-OH is 2. The molecule has 0 spiro atoms. The molecule has 0 aliphatic carbocycles. The van der Waals surface area contributed by atoms with E-state index in [4.69, 9.17) is 10.2 Å². The molecule has 0 aromatic heterocycles. The summed E-state index contributed by atoms with van der Waals surface area (Å²) in [5.74, 6) is -1.99. The van der Waals surface area contributed by atoms with Gasteiger partial charge in [0, 0.05) is 6.08 Å². The van der Waals surface area contributed by atoms with Crippen molar-refractivity contribution in [3.8, 4) is 0 Å². The maximum atomic E-state index is 10.3. The molecule has 0 saturated carbocycles. The van der Waals surface area contributed by atoms with E-state index in [9.17, 15) is 14.4 Å². The summed E-state index contributed by atoms with van der Waals surface area (Å²) in [5, 5.41) is 17.1. The number of carbonyl (C=O) groups excluding carboxylic acids is 3. The first-order valence-corrected chi connectivity index (χ1v) is 4.76. The predicted octanol–water partition coefficient (Wildman–Crippen LogP) is -1.08. The van der Waals surface area contributed by atoms with Crippen LogP contribution in [0.5, 0.6) is 0 Å². The molecule has 0 radical (unpaired) electrons. The van der Waals surface area contributed by atoms with Crippen LogP contribution in [0.15, 0.2) is 12.7 Å². The SMILES string of the molecule is C=CC(=O)OCC(C)O.O=C1CC(O)C(=O)O1. The summed E-state index contributed by atoms with van der Waals surface area (Å²) in [4.78, 5) is 30.4. The average molecular weight is 246 g/mol. The van der Waals surface area contributed by atoms with Crippen LogP contribution in [0.1, 0.15) is 13.3 Å². The van der Waals surface area contributed by atoms with Gasteiger partial charge in [0.1, 0.15) is 6.61 Å². The monoisotopic (exact) mass is 246 g/mol. The number of hydrogen-bond acceptors (Lipinski definition) is 7. The van der Waals surface area contributed by atoms with E-state index in [1.54, 1.807) is 0 Å². The second-order valence-electron chi connectivity index (χ2n) is 3.20. The molecular weight excluding hydrogens is 232 g/mol. The molecule has 2 N–H and O–H groups in total. The second-order valence-corrected chi connectivity index (χ2v) is 3.20. The Bertz CT molecular complexity index is 308. The summed E-state index contributed by atoms with van der Waals surface area (Å²) in [7, 11) is 0. The number of cyclic esters (lactones) is 2. The van der Waals surface area contributed by atoms with Crippen molar-refractivity contribution < 1.29 is 34.1 Å². The van der Waals surface area contributed by atoms with Crippen molar-refractivity contribution in [2.45, 2.75) is 25.6 Å². The second kappa shape index (κ2) is 7.53. The predicted molar refractivity (Wildman–Crippen MR) is 54.6 cm³/mol. The maximum absolute atomic E-state index is 10.3. The van der Waals surface area contributed by atoms with Crippen molar-refractivity contribution in [2.24, 2.45) is 0 Å². The lowest BCUT2D eigenvalue weighted by atomic mass is 10.3. The molecule has 0 aromatic rings. The van der Waals surface area contributed by atoms with Crippen molar-refractivity contribution in [1.82, 2.24) is 0 Å². The van der Waals surface area contributed by atoms with Crippen LogP contribution in [0, 0.1) is 0 Å². The van der Waals surface area contributed by atoms with Crippen molar-refractivity contribution in [1.29, 1.82) is 0 Å². The zero-order chi connectivity index (χ0) is 13.4. The topological polar surface area (TPSA) is 110 Å². The standard InChI is InChI=1S/C6H10O3.C4H4O4/c1-3-6(8)9-4-5(2)7;5-2-1-3(6)8-4(2)7/h3,5,7H,1,4H2,2H3;2,5H,1H2. The van der Waals surface area contributed by atoms with E-state index in [1.165, 1.54) is 6.92 Å². The Morgan fingerprint density at radius 2 is 2.29 bits per heavy atom. The highest BCUT2D eigenvalue weighted by molar-refractivity contribution is 5.95. The molecule has 1 rings (SSSR count). The third-order valence-corrected chi connectivity index (χ3v) is 1.48. The molecule has 2 unspecified atom stereocenters. The summed E-state index contributed by atoms with van der Waals surface area (Å²) in [6.07, 6.45) is -0.960. The van der Waals surface area contributed by atoms with Gasteiger partial charge in [0.15, 0.2) is 6.10 Å². The van der Waals surface area contributed by atoms with Crippen molar-refractivity contribution in [2.75, 3.05) is 6.61 Å². The van der Waals surface area contributed by atoms with Gasteiger partial charge in [0.05, 0.1) is 12.5 Å². The van der Waals surface area contributed by atoms with Crippen molar-refractivity contribution in [3.05, 3.63) is 12.7 Å². The van der Waals surface area contributed by atoms with Gasteiger partial charge in [-0.15, -0.1) is 0 Å². The third kappa shape index (κ3) is 7.20. The highest BCUT2D eigenvalue weighted by Crippen LogP contribution is 2.05. The Kier molecular flexibility index (Phi) is 6.76. The Hall–Kier alpha value is -1.73. The fourth-order valence-electron chi connectivity index (χ4n) is 0.725. The van der Waals surface area contributed by atoms with E-state index in [0.717, 1.165) is 6.08 Å². The van der Waals surface area contributed by atoms with Crippen LogP contribution in [0.25, 0.3) is 0 Å². The number of esters is 3. The van der Waals surface area contributed by atoms with E-state index in [1.807, 2.05) is 0 Å². The van der Waals surface area contributed by atoms with Crippen molar-refractivity contribution >= 4 is 17.9 Å². The summed E-state index contributed by atoms with van der Waals surface area (Å²) >= 11 is 0. The Labute approximate surface area is 97.6 Å². The molecule has 0 aromatic carbocycles. The maximum Gasteiger partial charge on any atom is 0.343 e. The molecule has 1 heterocycles. The van der Waals surface area contributed by atoms with Gasteiger partial charge in [0.25, 0.3) is 0 Å². The number of hydrogen-bond donors (Lipinski definition) is 2. The first-order chi connectivity index (χ1) is 7.86. The number of carbonyl (C=O) groups is 3. The van der Waals surface area contributed by atoms with Gasteiger partial charge in [-0.2, -0.15) is 0 Å². The van der Waals surface area contributed by atoms with E-state index in [0.29, 0.717) is 0 Å². The van der Waals surface area contributed by atoms with Crippen LogP contribution in [-0.2, 0) is 23.9 Å². The van der Waals surface area contributed by atoms with E-state index in [-0.39, 0.29) is 13.0 Å². The lowest BCUT2D eigenvalue weighted by molar-refractivity contribution is -0.154. The highest BCUT2D eigenvalue weighted by atomic mass is 16.6. The lowest BCUT2D eigenvalue weighted by Gasteiger charge is -2.02. The quantitative estimate of drug-likeness (QED) is 0.370. The molecular formula is C10H14O7. The number of aliphatic hydroxyl groups is 2. The van der Waals surface area contributed by atoms with E-state index >= 15 is 0 Å². The van der Waals surface area contributed by atoms with Crippen LogP contribution in [0.3, 0.4) is 0 Å². The molecule has 0 amide bonds. The molecule has 17 heavy (non-hydrogen) atoms. The number of ether oxygens (including phenoxy) is 2. The average Bonchev–Trinajstić information content (AvgIpc) is 2.53. The fraction of sp³-hybridized carbons (Fsp3) is 0.500. The van der Waals surface area contributed by atoms with Gasteiger partial charge in [-0.25, -0.2) is 9.59 Å². The molecule has 1 saturated heterocycles. The highest BCUT2D eigenvalue weighted by Gasteiger charge is 2.30. The van der Waals surface area contributed by atoms with Gasteiger partial charge in [-0.3, -0.25) is 4.79 Å². The Morgan fingerprint density at radius 1 is 1.71 bits per heavy atom. The van der Waals surface area contributed by atoms with Crippen LogP contribution >= 0.6 is 0 Å². The summed E-state index contributed by atoms with van der Waals surface area (Å²) in [6, 6.07) is 0. The molecule has 1 aliphatic heterocycles. The normalized spacial score (nSPS) is 19.8. The fourth-order valence-corrected chi connectivity index (χ4v) is 0.725. The summed E-state index contributed by atoms with van der Waals surface area (Å²) in [5.41, 5.74) is 0. The zero-order valence-corrected chi connectivity index (χ0v) is 9.29. The minimum absolute atomic E-state index is 0.0326. The van der Waals surface area contributed by atoms with Crippen LogP contribution in [0.2, 0.25) is 0 Å². The van der Waals surface area contributed by atoms with Crippen molar-refractivity contribution in [3.63, 3.8) is 0 Å². The first kappa shape index (κ1) is 15.3. The van der Waals surface area contributed by atoms with Gasteiger partial charge in [-0.1, -0.05) is 6.58 Å². The largest absolute Gasteiger partial charge is 0.460 e. The molecule has 7 nitrogen and oxygen atoms in total. The summed E-state index contributed by atoms with van der Waals surface area (Å²) in [6.45, 7) is 4.75. The Balaban J connectivity index is 0.000000302. The molecule has 1 fully saturated rings. The van der Waals surface area contributed by atoms with Gasteiger partial charge in [0.2, 0.25) is 0 Å². The lowest BCUT2D eigenvalue weighted by Crippen LogP contribution is -2.13. The molecule has 1 aliphatic rings. The van der Waals surface area contributed by atoms with Gasteiger partial charge >= 0.3 is 17.9 Å². The van der Waals surface area contributed by atoms with Gasteiger partial charge in [-0.05, 0) is 6.92 Å². The minimum atomic E-state index is -1.22. The Morgan fingerprint density at radius 3 is 2.53 bits per heavy atom. The smallest absolute Gasteiger partial charge is 0.343 e. The van der Waals surface area contributed by atoms with E-state index < -0.39 is 30.1 Å². The molecule has 96 valence electrons. The number of rotatable bonds is 3. The zero-order valence-electron chi connectivity index (χ0n) is 9.29. The van der Waals surface area contributed by atoms with Crippen LogP contribution in [0.4, 0.5) is 0 Å². The molecule has 2 atom stereocenters. The minimum Gasteiger partial charge on any atom is -0.460 e. The first-order valence-electron chi connectivity index (χ1n) is 4.76. The van der Waals surface area contributed by atoms with E-state index in [2.05, 4.69) is 16.1 Å². The van der Waals surface area contributed by atoms with Crippen LogP contribution in [-0.4, -0.2) is 46.9 Å².